The summed E-state index contributed by atoms with van der Waals surface area (Å²) in [6, 6.07) is 14.2. The Kier molecular flexibility index (Phi) is 10.5. The molecule has 192 valence electrons. The van der Waals surface area contributed by atoms with Crippen molar-refractivity contribution in [1.82, 2.24) is 18.7 Å². The third kappa shape index (κ3) is 8.90. The highest BCUT2D eigenvalue weighted by Crippen LogP contribution is 2.27. The summed E-state index contributed by atoms with van der Waals surface area (Å²) < 4.78 is 15.8. The number of hydrogen-bond acceptors (Lipinski definition) is 13. The number of ether oxygens (including phenoxy) is 1. The highest BCUT2D eigenvalue weighted by molar-refractivity contribution is 8.02. The summed E-state index contributed by atoms with van der Waals surface area (Å²) in [6.45, 7) is 0. The second-order valence-corrected chi connectivity index (χ2v) is 12.4. The maximum Gasteiger partial charge on any atom is 0.234 e. The molecule has 0 saturated carbocycles. The number of carbonyl (C=O) groups excluding carboxylic acids is 2. The fraction of sp³-hybridized carbons (Fsp3) is 0.182. The van der Waals surface area contributed by atoms with Gasteiger partial charge in [0.1, 0.15) is 11.5 Å². The van der Waals surface area contributed by atoms with Crippen molar-refractivity contribution >= 4 is 93.3 Å². The van der Waals surface area contributed by atoms with E-state index in [1.54, 1.807) is 48.5 Å². The Morgan fingerprint density at radius 1 is 0.730 bits per heavy atom. The molecule has 0 aliphatic rings. The molecule has 2 N–H and O–H groups in total. The lowest BCUT2D eigenvalue weighted by molar-refractivity contribution is -0.114. The predicted octanol–water partition coefficient (Wildman–Crippen LogP) is 6.09. The average Bonchev–Trinajstić information content (AvgIpc) is 3.58. The third-order valence-corrected chi connectivity index (χ3v) is 9.30. The maximum atomic E-state index is 12.2. The third-order valence-electron chi connectivity index (χ3n) is 4.31. The number of anilines is 2. The highest BCUT2D eigenvalue weighted by atomic mass is 32.2. The lowest BCUT2D eigenvalue weighted by atomic mass is 10.3. The van der Waals surface area contributed by atoms with Crippen LogP contribution in [0.5, 0.6) is 11.5 Å². The van der Waals surface area contributed by atoms with Crippen molar-refractivity contribution in [1.29, 1.82) is 0 Å². The van der Waals surface area contributed by atoms with Gasteiger partial charge in [-0.25, -0.2) is 9.97 Å². The molecule has 0 unspecified atom stereocenters. The van der Waals surface area contributed by atoms with Crippen LogP contribution in [0.25, 0.3) is 0 Å². The van der Waals surface area contributed by atoms with E-state index in [2.05, 4.69) is 29.3 Å². The molecule has 0 spiro atoms. The Morgan fingerprint density at radius 3 is 1.49 bits per heavy atom. The van der Waals surface area contributed by atoms with E-state index in [1.165, 1.54) is 70.1 Å². The number of nitrogens with zero attached hydrogens (tertiary/aromatic N) is 4. The molecule has 0 aliphatic heterocycles. The molecule has 9 nitrogen and oxygen atoms in total. The molecule has 4 rings (SSSR count). The number of aromatic nitrogens is 4. The molecule has 0 radical (unpaired) electrons. The Hall–Kier alpha value is -2.30. The van der Waals surface area contributed by atoms with E-state index in [9.17, 15) is 9.59 Å². The molecular formula is C22H20N6O3S6. The van der Waals surface area contributed by atoms with Crippen molar-refractivity contribution in [3.63, 3.8) is 0 Å². The van der Waals surface area contributed by atoms with Gasteiger partial charge in [0.05, 0.1) is 11.5 Å². The molecule has 15 heteroatoms. The molecule has 4 aromatic rings. The van der Waals surface area contributed by atoms with E-state index < -0.39 is 0 Å². The van der Waals surface area contributed by atoms with Gasteiger partial charge in [-0.2, -0.15) is 8.75 Å². The minimum Gasteiger partial charge on any atom is -0.457 e. The monoisotopic (exact) mass is 608 g/mol. The zero-order valence-electron chi connectivity index (χ0n) is 19.5. The number of thioether (sulfide) groups is 4. The summed E-state index contributed by atoms with van der Waals surface area (Å²) in [4.78, 5) is 33.1. The lowest BCUT2D eigenvalue weighted by Gasteiger charge is -2.09. The van der Waals surface area contributed by atoms with Gasteiger partial charge in [-0.15, -0.1) is 0 Å². The summed E-state index contributed by atoms with van der Waals surface area (Å²) in [5.74, 6) is 1.52. The van der Waals surface area contributed by atoms with Gasteiger partial charge in [-0.05, 0) is 84.1 Å². The van der Waals surface area contributed by atoms with Crippen LogP contribution in [0, 0.1) is 0 Å². The van der Waals surface area contributed by atoms with E-state index in [0.29, 0.717) is 33.2 Å². The Labute approximate surface area is 238 Å². The number of rotatable bonds is 12. The first-order chi connectivity index (χ1) is 18.0. The number of carbonyl (C=O) groups is 2. The molecule has 0 bridgehead atoms. The first-order valence-electron chi connectivity index (χ1n) is 10.5. The van der Waals surface area contributed by atoms with Crippen LogP contribution in [0.15, 0.2) is 67.5 Å². The molecule has 37 heavy (non-hydrogen) atoms. The van der Waals surface area contributed by atoms with Crippen molar-refractivity contribution in [3.8, 4) is 11.5 Å². The first-order valence-corrected chi connectivity index (χ1v) is 16.5. The van der Waals surface area contributed by atoms with Crippen molar-refractivity contribution in [2.45, 2.75) is 19.0 Å². The van der Waals surface area contributed by atoms with Crippen LogP contribution in [0.3, 0.4) is 0 Å². The maximum absolute atomic E-state index is 12.2. The molecule has 0 atom stereocenters. The number of benzene rings is 2. The summed E-state index contributed by atoms with van der Waals surface area (Å²) in [5, 5.41) is 7.15. The molecule has 2 heterocycles. The molecule has 0 fully saturated rings. The Bertz CT molecular complexity index is 1230. The highest BCUT2D eigenvalue weighted by Gasteiger charge is 2.10. The zero-order valence-corrected chi connectivity index (χ0v) is 24.4. The van der Waals surface area contributed by atoms with Crippen molar-refractivity contribution in [2.24, 2.45) is 0 Å². The molecular weight excluding hydrogens is 589 g/mol. The van der Waals surface area contributed by atoms with Crippen LogP contribution in [0.4, 0.5) is 11.4 Å². The van der Waals surface area contributed by atoms with Gasteiger partial charge in [-0.1, -0.05) is 47.0 Å². The molecule has 0 aliphatic carbocycles. The van der Waals surface area contributed by atoms with Crippen LogP contribution in [-0.4, -0.2) is 54.5 Å². The summed E-state index contributed by atoms with van der Waals surface area (Å²) >= 11 is 8.25. The van der Waals surface area contributed by atoms with Crippen molar-refractivity contribution in [2.75, 3.05) is 34.7 Å². The van der Waals surface area contributed by atoms with E-state index in [4.69, 9.17) is 4.74 Å². The topological polar surface area (TPSA) is 119 Å². The van der Waals surface area contributed by atoms with Gasteiger partial charge < -0.3 is 15.4 Å². The summed E-state index contributed by atoms with van der Waals surface area (Å²) in [7, 11) is 0. The number of nitrogens with one attached hydrogen (secondary N) is 2. The minimum atomic E-state index is -0.122. The van der Waals surface area contributed by atoms with Gasteiger partial charge in [0.15, 0.2) is 8.68 Å². The van der Waals surface area contributed by atoms with Gasteiger partial charge in [0.2, 0.25) is 22.1 Å². The molecule has 0 saturated heterocycles. The second-order valence-electron chi connectivity index (χ2n) is 6.92. The van der Waals surface area contributed by atoms with Gasteiger partial charge in [0.25, 0.3) is 0 Å². The number of hydrogen-bond donors (Lipinski definition) is 2. The second kappa shape index (κ2) is 14.0. The van der Waals surface area contributed by atoms with E-state index in [1.807, 2.05) is 12.5 Å². The summed E-state index contributed by atoms with van der Waals surface area (Å²) in [6.07, 6.45) is 3.83. The first kappa shape index (κ1) is 27.7. The smallest absolute Gasteiger partial charge is 0.234 e. The molecule has 2 aromatic heterocycles. The fourth-order valence-electron chi connectivity index (χ4n) is 2.67. The molecule has 2 aromatic carbocycles. The van der Waals surface area contributed by atoms with E-state index in [-0.39, 0.29) is 23.3 Å². The van der Waals surface area contributed by atoms with E-state index in [0.717, 1.165) is 8.68 Å². The number of amides is 2. The van der Waals surface area contributed by atoms with Crippen LogP contribution in [0.2, 0.25) is 0 Å². The lowest BCUT2D eigenvalue weighted by Crippen LogP contribution is -2.13. The largest absolute Gasteiger partial charge is 0.457 e. The quantitative estimate of drug-likeness (QED) is 0.182. The van der Waals surface area contributed by atoms with Crippen molar-refractivity contribution in [3.05, 3.63) is 48.5 Å². The molecule has 2 amide bonds. The normalized spacial score (nSPS) is 10.8. The Morgan fingerprint density at radius 2 is 1.14 bits per heavy atom. The SMILES string of the molecule is CSc1nsc(SCC(=O)Nc2ccc(Oc3ccc(NC(=O)CSc4nc(SC)ns4)cc3)cc2)n1. The summed E-state index contributed by atoms with van der Waals surface area (Å²) in [5.41, 5.74) is 1.35. The van der Waals surface area contributed by atoms with Crippen LogP contribution < -0.4 is 15.4 Å². The zero-order chi connectivity index (χ0) is 26.0. The Balaban J connectivity index is 1.20. The standard InChI is InChI=1S/C22H20N6O3S6/c1-32-19-25-21(36-27-19)34-11-17(29)23-13-3-7-15(8-4-13)31-16-9-5-14(6-10-16)24-18(30)12-35-22-26-20(33-2)28-37-22/h3-10H,11-12H2,1-2H3,(H,23,29)(H,24,30). The van der Waals surface area contributed by atoms with Gasteiger partial charge in [-0.3, -0.25) is 9.59 Å². The van der Waals surface area contributed by atoms with Crippen molar-refractivity contribution < 1.29 is 14.3 Å². The predicted molar refractivity (Wildman–Crippen MR) is 155 cm³/mol. The average molecular weight is 609 g/mol. The minimum absolute atomic E-state index is 0.122. The van der Waals surface area contributed by atoms with Gasteiger partial charge in [0, 0.05) is 11.4 Å². The fourth-order valence-corrected chi connectivity index (χ4v) is 6.69. The van der Waals surface area contributed by atoms with E-state index >= 15 is 0 Å². The van der Waals surface area contributed by atoms with Crippen LogP contribution >= 0.6 is 70.1 Å². The van der Waals surface area contributed by atoms with Gasteiger partial charge >= 0.3 is 0 Å². The van der Waals surface area contributed by atoms with Crippen LogP contribution in [0.1, 0.15) is 0 Å². The van der Waals surface area contributed by atoms with Crippen LogP contribution in [-0.2, 0) is 9.59 Å².